The molecule has 0 fully saturated rings. The van der Waals surface area contributed by atoms with Crippen LogP contribution in [-0.4, -0.2) is 11.5 Å². The van der Waals surface area contributed by atoms with E-state index in [9.17, 15) is 0 Å². The van der Waals surface area contributed by atoms with Crippen LogP contribution >= 0.6 is 0 Å². The lowest BCUT2D eigenvalue weighted by Gasteiger charge is -2.10. The van der Waals surface area contributed by atoms with E-state index in [1.165, 1.54) is 0 Å². The van der Waals surface area contributed by atoms with Gasteiger partial charge in [0.25, 0.3) is 0 Å². The van der Waals surface area contributed by atoms with E-state index in [2.05, 4.69) is 28.6 Å². The molecule has 4 heteroatoms. The second-order valence-electron chi connectivity index (χ2n) is 4.17. The molecule has 1 heterocycles. The van der Waals surface area contributed by atoms with E-state index in [-0.39, 0.29) is 0 Å². The highest BCUT2D eigenvalue weighted by atomic mass is 14.9. The van der Waals surface area contributed by atoms with Gasteiger partial charge in [0.15, 0.2) is 0 Å². The smallest absolute Gasteiger partial charge is 0.101 e. The standard InChI is InChI=1S/C15H16N4/c1-2-7-18-13-8-14(11-17-10-13)19-15-6-4-3-5-12(15)9-16/h3-6,8,10-11,18-19H,2,7H2,1H3. The lowest BCUT2D eigenvalue weighted by atomic mass is 10.2. The fourth-order valence-electron chi connectivity index (χ4n) is 1.72. The van der Waals surface area contributed by atoms with Gasteiger partial charge in [0.05, 0.1) is 35.0 Å². The number of nitrogens with one attached hydrogen (secondary N) is 2. The zero-order chi connectivity index (χ0) is 13.5. The van der Waals surface area contributed by atoms with Crippen LogP contribution in [0.5, 0.6) is 0 Å². The maximum atomic E-state index is 9.05. The number of hydrogen-bond acceptors (Lipinski definition) is 4. The second-order valence-corrected chi connectivity index (χ2v) is 4.17. The number of hydrogen-bond donors (Lipinski definition) is 2. The minimum atomic E-state index is 0.620. The molecule has 0 atom stereocenters. The van der Waals surface area contributed by atoms with E-state index in [4.69, 9.17) is 5.26 Å². The van der Waals surface area contributed by atoms with E-state index < -0.39 is 0 Å². The summed E-state index contributed by atoms with van der Waals surface area (Å²) in [6.07, 6.45) is 4.59. The van der Waals surface area contributed by atoms with Crippen molar-refractivity contribution in [2.24, 2.45) is 0 Å². The molecule has 0 aliphatic heterocycles. The van der Waals surface area contributed by atoms with Crippen molar-refractivity contribution in [1.29, 1.82) is 5.26 Å². The van der Waals surface area contributed by atoms with Gasteiger partial charge in [0.1, 0.15) is 6.07 Å². The molecule has 96 valence electrons. The highest BCUT2D eigenvalue weighted by Gasteiger charge is 2.02. The molecule has 2 aromatic rings. The van der Waals surface area contributed by atoms with E-state index in [1.807, 2.05) is 24.3 Å². The summed E-state index contributed by atoms with van der Waals surface area (Å²) in [6.45, 7) is 3.03. The molecule has 0 bridgehead atoms. The predicted molar refractivity (Wildman–Crippen MR) is 77.5 cm³/mol. The monoisotopic (exact) mass is 252 g/mol. The Kier molecular flexibility index (Phi) is 4.35. The number of rotatable bonds is 5. The molecule has 1 aromatic heterocycles. The molecule has 2 rings (SSSR count). The maximum absolute atomic E-state index is 9.05. The molecule has 0 amide bonds. The first-order chi connectivity index (χ1) is 9.33. The summed E-state index contributed by atoms with van der Waals surface area (Å²) in [5, 5.41) is 15.5. The van der Waals surface area contributed by atoms with Crippen molar-refractivity contribution in [3.63, 3.8) is 0 Å². The van der Waals surface area contributed by atoms with Gasteiger partial charge in [-0.15, -0.1) is 0 Å². The fourth-order valence-corrected chi connectivity index (χ4v) is 1.72. The van der Waals surface area contributed by atoms with Crippen molar-refractivity contribution in [3.8, 4) is 6.07 Å². The minimum absolute atomic E-state index is 0.620. The highest BCUT2D eigenvalue weighted by molar-refractivity contribution is 5.68. The van der Waals surface area contributed by atoms with E-state index in [0.29, 0.717) is 5.56 Å². The van der Waals surface area contributed by atoms with E-state index in [0.717, 1.165) is 30.0 Å². The summed E-state index contributed by atoms with van der Waals surface area (Å²) in [5.41, 5.74) is 3.25. The Hall–Kier alpha value is -2.54. The molecule has 19 heavy (non-hydrogen) atoms. The SMILES string of the molecule is CCCNc1cncc(Nc2ccccc2C#N)c1. The molecule has 2 N–H and O–H groups in total. The van der Waals surface area contributed by atoms with Crippen molar-refractivity contribution in [1.82, 2.24) is 4.98 Å². The number of pyridine rings is 1. The van der Waals surface area contributed by atoms with E-state index in [1.54, 1.807) is 18.5 Å². The topological polar surface area (TPSA) is 60.7 Å². The number of benzene rings is 1. The summed E-state index contributed by atoms with van der Waals surface area (Å²) in [7, 11) is 0. The first-order valence-corrected chi connectivity index (χ1v) is 6.28. The molecule has 0 aliphatic rings. The average molecular weight is 252 g/mol. The Morgan fingerprint density at radius 1 is 1.21 bits per heavy atom. The lowest BCUT2D eigenvalue weighted by molar-refractivity contribution is 0.978. The van der Waals surface area contributed by atoms with Crippen LogP contribution in [0.15, 0.2) is 42.7 Å². The summed E-state index contributed by atoms with van der Waals surface area (Å²) in [4.78, 5) is 4.18. The Bertz CT molecular complexity index is 587. The van der Waals surface area contributed by atoms with Gasteiger partial charge in [-0.1, -0.05) is 19.1 Å². The molecule has 0 aliphatic carbocycles. The zero-order valence-corrected chi connectivity index (χ0v) is 10.9. The average Bonchev–Trinajstić information content (AvgIpc) is 2.46. The highest BCUT2D eigenvalue weighted by Crippen LogP contribution is 2.21. The predicted octanol–water partition coefficient (Wildman–Crippen LogP) is 3.52. The first-order valence-electron chi connectivity index (χ1n) is 6.28. The van der Waals surface area contributed by atoms with Gasteiger partial charge in [-0.2, -0.15) is 5.26 Å². The number of nitriles is 1. The number of anilines is 3. The van der Waals surface area contributed by atoms with Gasteiger partial charge in [0.2, 0.25) is 0 Å². The first kappa shape index (κ1) is 12.9. The molecule has 0 unspecified atom stereocenters. The third-order valence-electron chi connectivity index (χ3n) is 2.64. The van der Waals surface area contributed by atoms with Gasteiger partial charge < -0.3 is 10.6 Å². The summed E-state index contributed by atoms with van der Waals surface area (Å²) in [6, 6.07) is 11.6. The second kappa shape index (κ2) is 6.41. The van der Waals surface area contributed by atoms with Crippen LogP contribution in [0.4, 0.5) is 17.1 Å². The number of para-hydroxylation sites is 1. The van der Waals surface area contributed by atoms with Crippen molar-refractivity contribution >= 4 is 17.1 Å². The van der Waals surface area contributed by atoms with Crippen LogP contribution in [0.2, 0.25) is 0 Å². The summed E-state index contributed by atoms with van der Waals surface area (Å²) in [5.74, 6) is 0. The summed E-state index contributed by atoms with van der Waals surface area (Å²) >= 11 is 0. The minimum Gasteiger partial charge on any atom is -0.384 e. The molecular formula is C15H16N4. The molecule has 4 nitrogen and oxygen atoms in total. The largest absolute Gasteiger partial charge is 0.384 e. The van der Waals surface area contributed by atoms with E-state index >= 15 is 0 Å². The number of nitrogens with zero attached hydrogens (tertiary/aromatic N) is 2. The fraction of sp³-hybridized carbons (Fsp3) is 0.200. The Morgan fingerprint density at radius 3 is 2.79 bits per heavy atom. The van der Waals surface area contributed by atoms with Crippen LogP contribution in [0.3, 0.4) is 0 Å². The molecule has 0 saturated heterocycles. The van der Waals surface area contributed by atoms with Gasteiger partial charge in [-0.05, 0) is 24.6 Å². The Morgan fingerprint density at radius 2 is 2.00 bits per heavy atom. The molecule has 0 spiro atoms. The van der Waals surface area contributed by atoms with Crippen molar-refractivity contribution < 1.29 is 0 Å². The third kappa shape index (κ3) is 3.46. The van der Waals surface area contributed by atoms with Gasteiger partial charge in [0, 0.05) is 6.54 Å². The van der Waals surface area contributed by atoms with Crippen LogP contribution < -0.4 is 10.6 Å². The quantitative estimate of drug-likeness (QED) is 0.854. The van der Waals surface area contributed by atoms with Crippen molar-refractivity contribution in [2.75, 3.05) is 17.2 Å². The van der Waals surface area contributed by atoms with Crippen LogP contribution in [0.1, 0.15) is 18.9 Å². The van der Waals surface area contributed by atoms with Gasteiger partial charge in [-0.3, -0.25) is 4.98 Å². The van der Waals surface area contributed by atoms with Crippen LogP contribution in [-0.2, 0) is 0 Å². The van der Waals surface area contributed by atoms with Gasteiger partial charge >= 0.3 is 0 Å². The van der Waals surface area contributed by atoms with Crippen LogP contribution in [0.25, 0.3) is 0 Å². The van der Waals surface area contributed by atoms with Crippen molar-refractivity contribution in [2.45, 2.75) is 13.3 Å². The molecule has 0 radical (unpaired) electrons. The zero-order valence-electron chi connectivity index (χ0n) is 10.9. The maximum Gasteiger partial charge on any atom is 0.101 e. The normalized spacial score (nSPS) is 9.68. The van der Waals surface area contributed by atoms with Crippen molar-refractivity contribution in [3.05, 3.63) is 48.3 Å². The Labute approximate surface area is 113 Å². The molecular weight excluding hydrogens is 236 g/mol. The molecule has 1 aromatic carbocycles. The Balaban J connectivity index is 2.17. The number of aromatic nitrogens is 1. The van der Waals surface area contributed by atoms with Crippen LogP contribution in [0, 0.1) is 11.3 Å². The lowest BCUT2D eigenvalue weighted by Crippen LogP contribution is -2.01. The third-order valence-corrected chi connectivity index (χ3v) is 2.64. The summed E-state index contributed by atoms with van der Waals surface area (Å²) < 4.78 is 0. The molecule has 0 saturated carbocycles. The van der Waals surface area contributed by atoms with Gasteiger partial charge in [-0.25, -0.2) is 0 Å².